The predicted molar refractivity (Wildman–Crippen MR) is 239 cm³/mol. The molecule has 0 aliphatic heterocycles. The van der Waals surface area contributed by atoms with Gasteiger partial charge in [-0.15, -0.1) is 0 Å². The van der Waals surface area contributed by atoms with Gasteiger partial charge in [0.2, 0.25) is 0 Å². The summed E-state index contributed by atoms with van der Waals surface area (Å²) in [6.07, 6.45) is 0. The molecule has 0 amide bonds. The van der Waals surface area contributed by atoms with E-state index in [9.17, 15) is 0 Å². The summed E-state index contributed by atoms with van der Waals surface area (Å²) in [5.41, 5.74) is 16.1. The summed E-state index contributed by atoms with van der Waals surface area (Å²) in [5, 5.41) is 7.18. The van der Waals surface area contributed by atoms with E-state index in [4.69, 9.17) is 4.42 Å². The van der Waals surface area contributed by atoms with Crippen molar-refractivity contribution in [3.8, 4) is 44.8 Å². The van der Waals surface area contributed by atoms with Crippen LogP contribution in [0.15, 0.2) is 211 Å². The highest BCUT2D eigenvalue weighted by atomic mass is 16.3. The van der Waals surface area contributed by atoms with Crippen molar-refractivity contribution in [3.63, 3.8) is 0 Å². The number of hydrogen-bond donors (Lipinski definition) is 0. The van der Waals surface area contributed by atoms with Gasteiger partial charge in [0, 0.05) is 43.7 Å². The third-order valence-corrected chi connectivity index (χ3v) is 11.7. The van der Waals surface area contributed by atoms with Crippen LogP contribution in [0.4, 0.5) is 0 Å². The predicted octanol–water partition coefficient (Wildman–Crippen LogP) is 14.8. The zero-order valence-electron chi connectivity index (χ0n) is 30.9. The quantitative estimate of drug-likeness (QED) is 0.173. The Kier molecular flexibility index (Phi) is 6.93. The average Bonchev–Trinajstić information content (AvgIpc) is 3.94. The summed E-state index contributed by atoms with van der Waals surface area (Å²) < 4.78 is 11.0. The van der Waals surface area contributed by atoms with E-state index in [1.165, 1.54) is 77.0 Å². The van der Waals surface area contributed by atoms with Crippen molar-refractivity contribution < 1.29 is 4.42 Å². The van der Waals surface area contributed by atoms with Gasteiger partial charge in [-0.1, -0.05) is 133 Å². The van der Waals surface area contributed by atoms with E-state index in [2.05, 4.69) is 203 Å². The van der Waals surface area contributed by atoms with E-state index < -0.39 is 0 Å². The molecule has 0 spiro atoms. The average molecular weight is 727 g/mol. The topological polar surface area (TPSA) is 23.0 Å². The van der Waals surface area contributed by atoms with Crippen LogP contribution < -0.4 is 0 Å². The lowest BCUT2D eigenvalue weighted by molar-refractivity contribution is 0.669. The fourth-order valence-electron chi connectivity index (χ4n) is 9.03. The monoisotopic (exact) mass is 726 g/mol. The smallest absolute Gasteiger partial charge is 0.135 e. The Labute approximate surface area is 328 Å². The highest BCUT2D eigenvalue weighted by Crippen LogP contribution is 2.40. The highest BCUT2D eigenvalue weighted by molar-refractivity contribution is 6.13. The van der Waals surface area contributed by atoms with Crippen molar-refractivity contribution >= 4 is 65.6 Å². The lowest BCUT2D eigenvalue weighted by atomic mass is 9.96. The SMILES string of the molecule is c1ccc(-c2ccc(-c3cccc(-c4ccc5c(c4)c4ccccc4n5-c4ccc5c(c4)c4ccccc4n5-c4ccc5oc6ccccc6c5c4)c3)cc2)cc1. The van der Waals surface area contributed by atoms with Crippen LogP contribution in [0.2, 0.25) is 0 Å². The third kappa shape index (κ3) is 4.99. The van der Waals surface area contributed by atoms with Crippen LogP contribution in [0.1, 0.15) is 0 Å². The van der Waals surface area contributed by atoms with Crippen molar-refractivity contribution in [2.45, 2.75) is 0 Å². The Morgan fingerprint density at radius 1 is 0.246 bits per heavy atom. The molecule has 3 heteroatoms. The van der Waals surface area contributed by atoms with Crippen LogP contribution in [-0.4, -0.2) is 9.13 Å². The van der Waals surface area contributed by atoms with Gasteiger partial charge in [-0.25, -0.2) is 0 Å². The molecule has 3 heterocycles. The molecular weight excluding hydrogens is 693 g/mol. The van der Waals surface area contributed by atoms with Gasteiger partial charge in [-0.3, -0.25) is 0 Å². The van der Waals surface area contributed by atoms with Gasteiger partial charge in [-0.05, 0) is 106 Å². The molecule has 0 aliphatic rings. The first-order valence-corrected chi connectivity index (χ1v) is 19.5. The molecule has 3 aromatic heterocycles. The largest absolute Gasteiger partial charge is 0.456 e. The molecule has 3 nitrogen and oxygen atoms in total. The summed E-state index contributed by atoms with van der Waals surface area (Å²) in [6, 6.07) is 74.6. The molecule has 12 aromatic rings. The highest BCUT2D eigenvalue weighted by Gasteiger charge is 2.18. The number of benzene rings is 9. The number of hydrogen-bond acceptors (Lipinski definition) is 1. The van der Waals surface area contributed by atoms with Gasteiger partial charge in [0.1, 0.15) is 11.2 Å². The second-order valence-electron chi connectivity index (χ2n) is 14.9. The molecule has 0 saturated carbocycles. The Morgan fingerprint density at radius 2 is 0.684 bits per heavy atom. The molecule has 0 aliphatic carbocycles. The van der Waals surface area contributed by atoms with Gasteiger partial charge in [0.15, 0.2) is 0 Å². The molecule has 0 N–H and O–H groups in total. The molecule has 0 bridgehead atoms. The summed E-state index contributed by atoms with van der Waals surface area (Å²) in [5.74, 6) is 0. The first-order valence-electron chi connectivity index (χ1n) is 19.5. The maximum absolute atomic E-state index is 6.19. The van der Waals surface area contributed by atoms with Crippen molar-refractivity contribution in [2.24, 2.45) is 0 Å². The number of fused-ring (bicyclic) bond motifs is 9. The van der Waals surface area contributed by atoms with Gasteiger partial charge < -0.3 is 13.6 Å². The molecule has 9 aromatic carbocycles. The van der Waals surface area contributed by atoms with Crippen LogP contribution in [-0.2, 0) is 0 Å². The minimum atomic E-state index is 0.902. The number of rotatable bonds is 5. The maximum atomic E-state index is 6.19. The molecule has 0 fully saturated rings. The second-order valence-corrected chi connectivity index (χ2v) is 14.9. The van der Waals surface area contributed by atoms with E-state index in [0.29, 0.717) is 0 Å². The Morgan fingerprint density at radius 3 is 1.40 bits per heavy atom. The molecule has 57 heavy (non-hydrogen) atoms. The van der Waals surface area contributed by atoms with Gasteiger partial charge in [0.05, 0.1) is 22.1 Å². The molecule has 0 saturated heterocycles. The molecule has 12 rings (SSSR count). The normalized spacial score (nSPS) is 11.9. The van der Waals surface area contributed by atoms with Crippen LogP contribution in [0.25, 0.3) is 110 Å². The molecule has 0 radical (unpaired) electrons. The van der Waals surface area contributed by atoms with Crippen molar-refractivity contribution in [3.05, 3.63) is 206 Å². The van der Waals surface area contributed by atoms with E-state index in [1.807, 2.05) is 12.1 Å². The van der Waals surface area contributed by atoms with Crippen LogP contribution in [0.3, 0.4) is 0 Å². The molecule has 0 unspecified atom stereocenters. The van der Waals surface area contributed by atoms with Crippen LogP contribution in [0, 0.1) is 0 Å². The van der Waals surface area contributed by atoms with Crippen molar-refractivity contribution in [1.82, 2.24) is 9.13 Å². The third-order valence-electron chi connectivity index (χ3n) is 11.7. The fraction of sp³-hybridized carbons (Fsp3) is 0. The second kappa shape index (κ2) is 12.5. The number of nitrogens with zero attached hydrogens (tertiary/aromatic N) is 2. The van der Waals surface area contributed by atoms with E-state index >= 15 is 0 Å². The van der Waals surface area contributed by atoms with E-state index in [-0.39, 0.29) is 0 Å². The maximum Gasteiger partial charge on any atom is 0.135 e. The summed E-state index contributed by atoms with van der Waals surface area (Å²) in [6.45, 7) is 0. The van der Waals surface area contributed by atoms with E-state index in [1.54, 1.807) is 0 Å². The van der Waals surface area contributed by atoms with Crippen LogP contribution in [0.5, 0.6) is 0 Å². The number of aromatic nitrogens is 2. The Hall–Kier alpha value is -7.62. The van der Waals surface area contributed by atoms with Gasteiger partial charge in [-0.2, -0.15) is 0 Å². The van der Waals surface area contributed by atoms with E-state index in [0.717, 1.165) is 33.3 Å². The minimum Gasteiger partial charge on any atom is -0.456 e. The molecule has 0 atom stereocenters. The summed E-state index contributed by atoms with van der Waals surface area (Å²) in [4.78, 5) is 0. The van der Waals surface area contributed by atoms with Gasteiger partial charge >= 0.3 is 0 Å². The minimum absolute atomic E-state index is 0.902. The van der Waals surface area contributed by atoms with Gasteiger partial charge in [0.25, 0.3) is 0 Å². The van der Waals surface area contributed by atoms with Crippen LogP contribution >= 0.6 is 0 Å². The Bertz CT molecular complexity index is 3510. The summed E-state index contributed by atoms with van der Waals surface area (Å²) in [7, 11) is 0. The molecule has 266 valence electrons. The van der Waals surface area contributed by atoms with Crippen molar-refractivity contribution in [2.75, 3.05) is 0 Å². The molecular formula is C54H34N2O. The standard InChI is InChI=1S/C54H34N2O/c1-2-11-35(12-3-1)36-21-23-37(24-22-36)38-13-10-14-39(31-38)40-25-28-51-46(32-40)43-15-4-7-18-49(43)55(51)41-26-29-52-47(33-41)44-16-5-8-19-50(44)56(52)42-27-30-54-48(34-42)45-17-6-9-20-53(45)57-54/h1-34H. The number of para-hydroxylation sites is 3. The van der Waals surface area contributed by atoms with Crippen molar-refractivity contribution in [1.29, 1.82) is 0 Å². The zero-order chi connectivity index (χ0) is 37.5. The first kappa shape index (κ1) is 31.7. The number of furan rings is 1. The Balaban J connectivity index is 0.973. The lowest BCUT2D eigenvalue weighted by Crippen LogP contribution is -1.95. The fourth-order valence-corrected chi connectivity index (χ4v) is 9.03. The lowest BCUT2D eigenvalue weighted by Gasteiger charge is -2.11. The zero-order valence-corrected chi connectivity index (χ0v) is 30.9. The summed E-state index contributed by atoms with van der Waals surface area (Å²) >= 11 is 0. The first-order chi connectivity index (χ1) is 28.2.